The molecule has 2 aromatic carbocycles. The van der Waals surface area contributed by atoms with E-state index in [2.05, 4.69) is 6.58 Å². The highest BCUT2D eigenvalue weighted by molar-refractivity contribution is 6.44. The number of nitrogens with one attached hydrogen (secondary N) is 1. The number of benzene rings is 2. The summed E-state index contributed by atoms with van der Waals surface area (Å²) in [6.45, 7) is 7.73. The number of nitrogens with zero attached hydrogens (tertiary/aromatic N) is 1. The molecule has 0 unspecified atom stereocenters. The molecule has 0 aliphatic rings. The van der Waals surface area contributed by atoms with Crippen LogP contribution in [-0.2, 0) is 4.79 Å². The van der Waals surface area contributed by atoms with Crippen LogP contribution in [0.2, 0.25) is 0 Å². The Morgan fingerprint density at radius 1 is 1.14 bits per heavy atom. The number of rotatable bonds is 6. The van der Waals surface area contributed by atoms with E-state index in [0.29, 0.717) is 22.7 Å². The molecule has 0 radical (unpaired) electrons. The van der Waals surface area contributed by atoms with Crippen LogP contribution in [0.25, 0.3) is 5.70 Å². The number of carbonyl (C=O) groups excluding carboxylic acids is 1. The van der Waals surface area contributed by atoms with Crippen molar-refractivity contribution < 1.29 is 24.5 Å². The second-order valence-corrected chi connectivity index (χ2v) is 6.62. The number of anilines is 1. The fourth-order valence-electron chi connectivity index (χ4n) is 2.89. The number of ether oxygens (including phenoxy) is 2. The summed E-state index contributed by atoms with van der Waals surface area (Å²) in [6.07, 6.45) is 0. The van der Waals surface area contributed by atoms with Crippen LogP contribution < -0.4 is 20.1 Å². The molecule has 8 heteroatoms. The Morgan fingerprint density at radius 2 is 1.79 bits per heavy atom. The molecule has 0 fully saturated rings. The highest BCUT2D eigenvalue weighted by Gasteiger charge is 2.26. The molecule has 154 valence electrons. The number of nitrogens with two attached hydrogens (primary N) is 1. The number of amidine groups is 1. The molecule has 29 heavy (non-hydrogen) atoms. The minimum atomic E-state index is -0.994. The Balaban J connectivity index is 2.70. The molecule has 1 amide bonds. The Bertz CT molecular complexity index is 969. The number of primary amides is 1. The summed E-state index contributed by atoms with van der Waals surface area (Å²) in [5.41, 5.74) is 6.58. The van der Waals surface area contributed by atoms with Gasteiger partial charge < -0.3 is 25.4 Å². The summed E-state index contributed by atoms with van der Waals surface area (Å²) in [6, 6.07) is 7.56. The fourth-order valence-corrected chi connectivity index (χ4v) is 2.89. The summed E-state index contributed by atoms with van der Waals surface area (Å²) in [5.74, 6) is -1.11. The van der Waals surface area contributed by atoms with E-state index in [1.165, 1.54) is 25.2 Å². The molecule has 0 heterocycles. The first-order valence-corrected chi connectivity index (χ1v) is 8.78. The lowest BCUT2D eigenvalue weighted by Crippen LogP contribution is -2.38. The van der Waals surface area contributed by atoms with Crippen LogP contribution in [0.5, 0.6) is 23.0 Å². The molecule has 0 spiro atoms. The monoisotopic (exact) mass is 399 g/mol. The van der Waals surface area contributed by atoms with Crippen molar-refractivity contribution in [1.82, 2.24) is 0 Å². The molecule has 0 aromatic heterocycles. The average Bonchev–Trinajstić information content (AvgIpc) is 2.67. The summed E-state index contributed by atoms with van der Waals surface area (Å²) >= 11 is 0. The van der Waals surface area contributed by atoms with Gasteiger partial charge >= 0.3 is 0 Å². The van der Waals surface area contributed by atoms with E-state index in [4.69, 9.17) is 20.6 Å². The largest absolute Gasteiger partial charge is 0.508 e. The first-order chi connectivity index (χ1) is 13.6. The minimum absolute atomic E-state index is 0.0401. The molecular weight excluding hydrogens is 374 g/mol. The molecule has 0 atom stereocenters. The maximum Gasteiger partial charge on any atom is 0.284 e. The second kappa shape index (κ2) is 8.55. The minimum Gasteiger partial charge on any atom is -0.508 e. The SMILES string of the molecule is C=C(c1cc(C(C)C)c(O)cc1O)N(C(=N)C(N)=O)c1ccc(OC)cc1OC. The maximum atomic E-state index is 11.8. The first-order valence-electron chi connectivity index (χ1n) is 8.78. The second-order valence-electron chi connectivity index (χ2n) is 6.62. The van der Waals surface area contributed by atoms with Crippen molar-refractivity contribution in [3.63, 3.8) is 0 Å². The van der Waals surface area contributed by atoms with Gasteiger partial charge in [-0.15, -0.1) is 0 Å². The molecule has 0 saturated heterocycles. The van der Waals surface area contributed by atoms with Gasteiger partial charge in [-0.2, -0.15) is 0 Å². The number of aromatic hydroxyl groups is 2. The standard InChI is InChI=1S/C21H25N3O5/c1-11(2)14-9-15(18(26)10-17(14)25)12(3)24(20(22)21(23)27)16-7-6-13(28-4)8-19(16)29-5/h6-11,22,25-26H,3H2,1-2,4-5H3,(H2,23,27). The van der Waals surface area contributed by atoms with Crippen molar-refractivity contribution in [3.05, 3.63) is 48.0 Å². The topological polar surface area (TPSA) is 129 Å². The van der Waals surface area contributed by atoms with Crippen LogP contribution in [0.1, 0.15) is 30.9 Å². The zero-order valence-electron chi connectivity index (χ0n) is 16.8. The first kappa shape index (κ1) is 21.6. The van der Waals surface area contributed by atoms with Crippen LogP contribution in [0.15, 0.2) is 36.9 Å². The summed E-state index contributed by atoms with van der Waals surface area (Å²) in [5, 5.41) is 28.7. The number of methoxy groups -OCH3 is 2. The number of phenols is 2. The number of hydrogen-bond donors (Lipinski definition) is 4. The normalized spacial score (nSPS) is 10.5. The van der Waals surface area contributed by atoms with Crippen molar-refractivity contribution in [2.24, 2.45) is 5.73 Å². The molecule has 0 aliphatic carbocycles. The van der Waals surface area contributed by atoms with Crippen LogP contribution in [-0.4, -0.2) is 36.2 Å². The van der Waals surface area contributed by atoms with Gasteiger partial charge in [0.2, 0.25) is 0 Å². The van der Waals surface area contributed by atoms with Gasteiger partial charge in [-0.1, -0.05) is 20.4 Å². The molecule has 0 saturated carbocycles. The lowest BCUT2D eigenvalue weighted by molar-refractivity contribution is -0.112. The van der Waals surface area contributed by atoms with Gasteiger partial charge in [0, 0.05) is 17.7 Å². The molecular formula is C21H25N3O5. The van der Waals surface area contributed by atoms with Gasteiger partial charge in [0.05, 0.1) is 25.6 Å². The van der Waals surface area contributed by atoms with E-state index in [0.717, 1.165) is 0 Å². The molecule has 0 aliphatic heterocycles. The summed E-state index contributed by atoms with van der Waals surface area (Å²) in [7, 11) is 2.93. The molecule has 0 bridgehead atoms. The van der Waals surface area contributed by atoms with Crippen molar-refractivity contribution in [1.29, 1.82) is 5.41 Å². The predicted octanol–water partition coefficient (Wildman–Crippen LogP) is 3.18. The van der Waals surface area contributed by atoms with Crippen molar-refractivity contribution in [2.75, 3.05) is 19.1 Å². The van der Waals surface area contributed by atoms with Gasteiger partial charge in [-0.25, -0.2) is 0 Å². The van der Waals surface area contributed by atoms with E-state index < -0.39 is 11.7 Å². The summed E-state index contributed by atoms with van der Waals surface area (Å²) in [4.78, 5) is 13.0. The van der Waals surface area contributed by atoms with E-state index in [-0.39, 0.29) is 28.7 Å². The van der Waals surface area contributed by atoms with Gasteiger partial charge in [-0.05, 0) is 29.7 Å². The van der Waals surface area contributed by atoms with E-state index in [1.54, 1.807) is 24.3 Å². The fraction of sp³-hybridized carbons (Fsp3) is 0.238. The number of amides is 1. The molecule has 2 aromatic rings. The lowest BCUT2D eigenvalue weighted by Gasteiger charge is -2.28. The highest BCUT2D eigenvalue weighted by atomic mass is 16.5. The predicted molar refractivity (Wildman–Crippen MR) is 112 cm³/mol. The van der Waals surface area contributed by atoms with Gasteiger partial charge in [0.15, 0.2) is 5.84 Å². The average molecular weight is 399 g/mol. The van der Waals surface area contributed by atoms with Crippen molar-refractivity contribution in [3.8, 4) is 23.0 Å². The Kier molecular flexibility index (Phi) is 6.38. The quantitative estimate of drug-likeness (QED) is 0.436. The third-order valence-electron chi connectivity index (χ3n) is 4.43. The molecule has 5 N–H and O–H groups in total. The zero-order valence-corrected chi connectivity index (χ0v) is 16.8. The van der Waals surface area contributed by atoms with Gasteiger partial charge in [0.1, 0.15) is 23.0 Å². The third-order valence-corrected chi connectivity index (χ3v) is 4.43. The van der Waals surface area contributed by atoms with Crippen LogP contribution >= 0.6 is 0 Å². The molecule has 8 nitrogen and oxygen atoms in total. The summed E-state index contributed by atoms with van der Waals surface area (Å²) < 4.78 is 10.6. The van der Waals surface area contributed by atoms with E-state index in [1.807, 2.05) is 13.8 Å². The van der Waals surface area contributed by atoms with E-state index in [9.17, 15) is 15.0 Å². The van der Waals surface area contributed by atoms with Crippen LogP contribution in [0.3, 0.4) is 0 Å². The van der Waals surface area contributed by atoms with Gasteiger partial charge in [-0.3, -0.25) is 15.1 Å². The Hall–Kier alpha value is -3.68. The number of phenolic OH excluding ortho intramolecular Hbond substituents is 2. The highest BCUT2D eigenvalue weighted by Crippen LogP contribution is 2.40. The maximum absolute atomic E-state index is 11.8. The zero-order chi connectivity index (χ0) is 21.9. The van der Waals surface area contributed by atoms with Crippen molar-refractivity contribution >= 4 is 23.1 Å². The van der Waals surface area contributed by atoms with Crippen LogP contribution in [0, 0.1) is 5.41 Å². The van der Waals surface area contributed by atoms with Crippen LogP contribution in [0.4, 0.5) is 5.69 Å². The van der Waals surface area contributed by atoms with Crippen molar-refractivity contribution in [2.45, 2.75) is 19.8 Å². The molecule has 2 rings (SSSR count). The van der Waals surface area contributed by atoms with Gasteiger partial charge in [0.25, 0.3) is 5.91 Å². The Labute approximate surface area is 169 Å². The smallest absolute Gasteiger partial charge is 0.284 e. The van der Waals surface area contributed by atoms with E-state index >= 15 is 0 Å². The number of hydrogen-bond acceptors (Lipinski definition) is 6. The Morgan fingerprint density at radius 3 is 2.31 bits per heavy atom. The number of carbonyl (C=O) groups is 1. The third kappa shape index (κ3) is 4.26. The lowest BCUT2D eigenvalue weighted by atomic mass is 9.97.